The Morgan fingerprint density at radius 3 is 2.81 bits per heavy atom. The zero-order chi connectivity index (χ0) is 11.4. The number of nitrogens with zero attached hydrogens (tertiary/aromatic N) is 3. The predicted octanol–water partition coefficient (Wildman–Crippen LogP) is 2.90. The van der Waals surface area contributed by atoms with Crippen molar-refractivity contribution < 1.29 is 0 Å². The second-order valence-electron chi connectivity index (χ2n) is 4.18. The Bertz CT molecular complexity index is 385. The molecule has 0 atom stereocenters. The first-order valence-electron chi connectivity index (χ1n) is 5.85. The molecule has 0 bridgehead atoms. The van der Waals surface area contributed by atoms with E-state index in [2.05, 4.69) is 21.7 Å². The van der Waals surface area contributed by atoms with Crippen molar-refractivity contribution >= 4 is 16.5 Å². The maximum Gasteiger partial charge on any atom is 0.219 e. The molecule has 2 heterocycles. The molecule has 0 unspecified atom stereocenters. The molecule has 1 aliphatic heterocycles. The van der Waals surface area contributed by atoms with Crippen molar-refractivity contribution in [3.05, 3.63) is 22.0 Å². The lowest BCUT2D eigenvalue weighted by Gasteiger charge is -2.25. The van der Waals surface area contributed by atoms with Gasteiger partial charge in [0.05, 0.1) is 12.1 Å². The number of anilines is 1. The molecule has 1 aliphatic rings. The molecule has 1 aromatic rings. The number of piperidine rings is 1. The summed E-state index contributed by atoms with van der Waals surface area (Å²) in [6, 6.07) is 0. The first-order valence-corrected chi connectivity index (χ1v) is 6.67. The van der Waals surface area contributed by atoms with Gasteiger partial charge in [-0.1, -0.05) is 0 Å². The molecule has 0 aliphatic carbocycles. The average Bonchev–Trinajstić information content (AvgIpc) is 2.69. The molecule has 86 valence electrons. The van der Waals surface area contributed by atoms with Crippen LogP contribution in [-0.2, 0) is 6.42 Å². The van der Waals surface area contributed by atoms with Crippen LogP contribution in [0.15, 0.2) is 0 Å². The van der Waals surface area contributed by atoms with Crippen molar-refractivity contribution in [2.45, 2.75) is 32.6 Å². The Kier molecular flexibility index (Phi) is 3.79. The van der Waals surface area contributed by atoms with Crippen LogP contribution < -0.4 is 4.90 Å². The Morgan fingerprint density at radius 2 is 2.12 bits per heavy atom. The van der Waals surface area contributed by atoms with E-state index in [1.54, 1.807) is 11.3 Å². The number of hydrogen-bond donors (Lipinski definition) is 0. The van der Waals surface area contributed by atoms with Gasteiger partial charge in [-0.05, 0) is 26.2 Å². The predicted molar refractivity (Wildman–Crippen MR) is 68.1 cm³/mol. The average molecular weight is 235 g/mol. The van der Waals surface area contributed by atoms with Crippen LogP contribution in [0.1, 0.15) is 29.8 Å². The molecule has 0 amide bonds. The first kappa shape index (κ1) is 11.4. The molecule has 0 radical (unpaired) electrons. The molecule has 1 saturated heterocycles. The monoisotopic (exact) mass is 235 g/mol. The second kappa shape index (κ2) is 5.31. The highest BCUT2D eigenvalue weighted by atomic mass is 32.1. The van der Waals surface area contributed by atoms with E-state index in [4.69, 9.17) is 6.57 Å². The smallest absolute Gasteiger partial charge is 0.219 e. The fourth-order valence-corrected chi connectivity index (χ4v) is 3.12. The van der Waals surface area contributed by atoms with E-state index < -0.39 is 0 Å². The van der Waals surface area contributed by atoms with Crippen molar-refractivity contribution in [2.75, 3.05) is 24.5 Å². The van der Waals surface area contributed by atoms with E-state index in [0.717, 1.165) is 30.3 Å². The van der Waals surface area contributed by atoms with Gasteiger partial charge in [-0.25, -0.2) is 11.6 Å². The van der Waals surface area contributed by atoms with Gasteiger partial charge in [-0.15, -0.1) is 11.3 Å². The van der Waals surface area contributed by atoms with Crippen molar-refractivity contribution in [1.29, 1.82) is 0 Å². The summed E-state index contributed by atoms with van der Waals surface area (Å²) < 4.78 is 0. The van der Waals surface area contributed by atoms with Crippen LogP contribution in [0.4, 0.5) is 5.13 Å². The fraction of sp³-hybridized carbons (Fsp3) is 0.667. The van der Waals surface area contributed by atoms with Crippen molar-refractivity contribution in [3.63, 3.8) is 0 Å². The van der Waals surface area contributed by atoms with Gasteiger partial charge in [0.25, 0.3) is 0 Å². The normalized spacial score (nSPS) is 16.1. The van der Waals surface area contributed by atoms with Gasteiger partial charge >= 0.3 is 0 Å². The van der Waals surface area contributed by atoms with E-state index in [1.807, 2.05) is 0 Å². The van der Waals surface area contributed by atoms with Gasteiger partial charge in [-0.3, -0.25) is 0 Å². The molecule has 0 spiro atoms. The van der Waals surface area contributed by atoms with Crippen LogP contribution in [0.2, 0.25) is 0 Å². The molecule has 0 saturated carbocycles. The van der Waals surface area contributed by atoms with Crippen molar-refractivity contribution in [2.24, 2.45) is 0 Å². The number of hydrogen-bond acceptors (Lipinski definition) is 3. The Balaban J connectivity index is 2.07. The van der Waals surface area contributed by atoms with Crippen molar-refractivity contribution in [3.8, 4) is 0 Å². The standard InChI is InChI=1S/C12H17N3S/c1-10-11(6-7-13-2)16-12(14-10)15-8-4-3-5-9-15/h3-9H2,1H3. The minimum absolute atomic E-state index is 0.586. The SMILES string of the molecule is [C-]#[N+]CCc1sc(N2CCCCC2)nc1C. The molecule has 16 heavy (non-hydrogen) atoms. The lowest BCUT2D eigenvalue weighted by Crippen LogP contribution is -2.29. The molecule has 4 heteroatoms. The summed E-state index contributed by atoms with van der Waals surface area (Å²) >= 11 is 1.78. The van der Waals surface area contributed by atoms with E-state index in [0.29, 0.717) is 6.54 Å². The van der Waals surface area contributed by atoms with Gasteiger partial charge in [0.2, 0.25) is 6.54 Å². The van der Waals surface area contributed by atoms with Gasteiger partial charge < -0.3 is 9.74 Å². The quantitative estimate of drug-likeness (QED) is 0.751. The third kappa shape index (κ3) is 2.53. The number of aryl methyl sites for hydroxylation is 1. The van der Waals surface area contributed by atoms with Gasteiger partial charge in [-0.2, -0.15) is 0 Å². The Labute approximate surface area is 101 Å². The van der Waals surface area contributed by atoms with Crippen LogP contribution in [0.3, 0.4) is 0 Å². The highest BCUT2D eigenvalue weighted by molar-refractivity contribution is 7.15. The summed E-state index contributed by atoms with van der Waals surface area (Å²) in [7, 11) is 0. The first-order chi connectivity index (χ1) is 7.81. The maximum atomic E-state index is 6.82. The lowest BCUT2D eigenvalue weighted by atomic mass is 10.1. The zero-order valence-electron chi connectivity index (χ0n) is 9.70. The number of rotatable bonds is 3. The minimum atomic E-state index is 0.586. The summed E-state index contributed by atoms with van der Waals surface area (Å²) in [5.41, 5.74) is 1.12. The summed E-state index contributed by atoms with van der Waals surface area (Å²) in [6.45, 7) is 11.8. The Morgan fingerprint density at radius 1 is 1.38 bits per heavy atom. The van der Waals surface area contributed by atoms with Crippen LogP contribution in [0.5, 0.6) is 0 Å². The van der Waals surface area contributed by atoms with Crippen molar-refractivity contribution in [1.82, 2.24) is 4.98 Å². The third-order valence-corrected chi connectivity index (χ3v) is 4.24. The van der Waals surface area contributed by atoms with Gasteiger partial charge in [0, 0.05) is 18.0 Å². The lowest BCUT2D eigenvalue weighted by molar-refractivity contribution is 0.576. The molecule has 1 fully saturated rings. The molecule has 2 rings (SSSR count). The van der Waals surface area contributed by atoms with Gasteiger partial charge in [0.1, 0.15) is 0 Å². The van der Waals surface area contributed by atoms with Crippen LogP contribution in [-0.4, -0.2) is 24.6 Å². The summed E-state index contributed by atoms with van der Waals surface area (Å²) in [5, 5.41) is 1.16. The summed E-state index contributed by atoms with van der Waals surface area (Å²) in [6.07, 6.45) is 4.79. The second-order valence-corrected chi connectivity index (χ2v) is 5.25. The van der Waals surface area contributed by atoms with E-state index in [1.165, 1.54) is 24.1 Å². The van der Waals surface area contributed by atoms with Crippen LogP contribution in [0, 0.1) is 13.5 Å². The molecular formula is C12H17N3S. The van der Waals surface area contributed by atoms with Crippen LogP contribution >= 0.6 is 11.3 Å². The Hall–Kier alpha value is -1.08. The third-order valence-electron chi connectivity index (χ3n) is 2.96. The maximum absolute atomic E-state index is 6.82. The highest BCUT2D eigenvalue weighted by Crippen LogP contribution is 2.28. The molecule has 1 aromatic heterocycles. The number of thiazole rings is 1. The minimum Gasteiger partial charge on any atom is -0.348 e. The van der Waals surface area contributed by atoms with E-state index in [-0.39, 0.29) is 0 Å². The largest absolute Gasteiger partial charge is 0.348 e. The topological polar surface area (TPSA) is 20.5 Å². The van der Waals surface area contributed by atoms with Crippen LogP contribution in [0.25, 0.3) is 4.85 Å². The molecule has 3 nitrogen and oxygen atoms in total. The molecule has 0 aromatic carbocycles. The van der Waals surface area contributed by atoms with Gasteiger partial charge in [0.15, 0.2) is 5.13 Å². The fourth-order valence-electron chi connectivity index (χ4n) is 2.02. The van der Waals surface area contributed by atoms with E-state index in [9.17, 15) is 0 Å². The molecule has 0 N–H and O–H groups in total. The highest BCUT2D eigenvalue weighted by Gasteiger charge is 2.16. The zero-order valence-corrected chi connectivity index (χ0v) is 10.5. The summed E-state index contributed by atoms with van der Waals surface area (Å²) in [5.74, 6) is 0. The van der Waals surface area contributed by atoms with E-state index >= 15 is 0 Å². The molecular weight excluding hydrogens is 218 g/mol. The number of aromatic nitrogens is 1. The summed E-state index contributed by atoms with van der Waals surface area (Å²) in [4.78, 5) is 11.7.